The lowest BCUT2D eigenvalue weighted by atomic mass is 10.0. The van der Waals surface area contributed by atoms with Crippen LogP contribution in [0.15, 0.2) is 59.6 Å². The van der Waals surface area contributed by atoms with Gasteiger partial charge in [0.05, 0.1) is 11.5 Å². The van der Waals surface area contributed by atoms with Crippen LogP contribution in [0.3, 0.4) is 0 Å². The Kier molecular flexibility index (Phi) is 5.72. The second-order valence-corrected chi connectivity index (χ2v) is 8.47. The summed E-state index contributed by atoms with van der Waals surface area (Å²) >= 11 is -1.40. The molecular weight excluding hydrogens is 356 g/mol. The minimum atomic E-state index is -1.40. The summed E-state index contributed by atoms with van der Waals surface area (Å²) in [5, 5.41) is 1.30. The summed E-state index contributed by atoms with van der Waals surface area (Å²) in [4.78, 5) is 6.58. The van der Waals surface area contributed by atoms with Crippen LogP contribution in [0, 0.1) is 0 Å². The van der Waals surface area contributed by atoms with Gasteiger partial charge in [-0.1, -0.05) is 24.3 Å². The summed E-state index contributed by atoms with van der Waals surface area (Å²) in [5.74, 6) is 0. The molecule has 0 saturated carbocycles. The van der Waals surface area contributed by atoms with E-state index in [9.17, 15) is 4.21 Å². The Labute approximate surface area is 163 Å². The zero-order valence-corrected chi connectivity index (χ0v) is 16.5. The fourth-order valence-electron chi connectivity index (χ4n) is 3.88. The molecule has 2 heterocycles. The topological polar surface area (TPSA) is 45.3 Å². The molecule has 4 rings (SSSR count). The van der Waals surface area contributed by atoms with Crippen molar-refractivity contribution in [2.75, 3.05) is 20.2 Å². The van der Waals surface area contributed by atoms with Crippen molar-refractivity contribution in [3.8, 4) is 0 Å². The lowest BCUT2D eigenvalue weighted by molar-refractivity contribution is 0.310. The van der Waals surface area contributed by atoms with Gasteiger partial charge in [-0.05, 0) is 74.7 Å². The van der Waals surface area contributed by atoms with E-state index >= 15 is 0 Å². The molecule has 2 aromatic carbocycles. The fraction of sp³-hybridized carbons (Fsp3) is 0.364. The van der Waals surface area contributed by atoms with Crippen LogP contribution < -0.4 is 0 Å². The second-order valence-electron chi connectivity index (χ2n) is 7.29. The van der Waals surface area contributed by atoms with E-state index in [0.717, 1.165) is 12.8 Å². The third-order valence-corrected chi connectivity index (χ3v) is 6.51. The number of nitrogens with zero attached hydrogens (tertiary/aromatic N) is 1. The molecule has 0 amide bonds. The van der Waals surface area contributed by atoms with E-state index in [4.69, 9.17) is 4.18 Å². The number of rotatable bonds is 7. The summed E-state index contributed by atoms with van der Waals surface area (Å²) in [6.07, 6.45) is 6.57. The lowest BCUT2D eigenvalue weighted by Crippen LogP contribution is -2.26. The zero-order valence-electron chi connectivity index (χ0n) is 15.7. The predicted molar refractivity (Wildman–Crippen MR) is 110 cm³/mol. The Balaban J connectivity index is 1.40. The van der Waals surface area contributed by atoms with E-state index in [-0.39, 0.29) is 0 Å². The highest BCUT2D eigenvalue weighted by Crippen LogP contribution is 2.25. The minimum Gasteiger partial charge on any atom is -0.361 e. The van der Waals surface area contributed by atoms with Crippen LogP contribution in [0.2, 0.25) is 0 Å². The summed E-state index contributed by atoms with van der Waals surface area (Å²) < 4.78 is 17.7. The van der Waals surface area contributed by atoms with Crippen LogP contribution >= 0.6 is 0 Å². The van der Waals surface area contributed by atoms with Crippen molar-refractivity contribution in [1.29, 1.82) is 0 Å². The van der Waals surface area contributed by atoms with Gasteiger partial charge in [-0.2, -0.15) is 0 Å². The molecule has 1 aromatic heterocycles. The minimum absolute atomic E-state index is 0.443. The van der Waals surface area contributed by atoms with Crippen LogP contribution in [-0.4, -0.2) is 40.3 Å². The molecule has 27 heavy (non-hydrogen) atoms. The molecule has 0 radical (unpaired) electrons. The Morgan fingerprint density at radius 2 is 2.07 bits per heavy atom. The van der Waals surface area contributed by atoms with Crippen molar-refractivity contribution in [3.05, 3.63) is 65.9 Å². The molecule has 1 aliphatic heterocycles. The number of H-pyrrole nitrogens is 1. The quantitative estimate of drug-likeness (QED) is 0.669. The molecule has 1 aliphatic rings. The molecule has 0 spiro atoms. The number of nitrogens with one attached hydrogen (secondary N) is 1. The number of hydrogen-bond donors (Lipinski definition) is 1. The Hall–Kier alpha value is -1.95. The van der Waals surface area contributed by atoms with Gasteiger partial charge in [-0.15, -0.1) is 0 Å². The second kappa shape index (κ2) is 8.38. The first-order valence-corrected chi connectivity index (χ1v) is 10.7. The van der Waals surface area contributed by atoms with Gasteiger partial charge in [0, 0.05) is 23.1 Å². The van der Waals surface area contributed by atoms with Crippen LogP contribution in [0.5, 0.6) is 0 Å². The van der Waals surface area contributed by atoms with E-state index in [2.05, 4.69) is 41.3 Å². The number of fused-ring (bicyclic) bond motifs is 1. The van der Waals surface area contributed by atoms with Crippen LogP contribution in [0.25, 0.3) is 10.9 Å². The van der Waals surface area contributed by atoms with Crippen molar-refractivity contribution >= 4 is 22.0 Å². The molecule has 4 nitrogen and oxygen atoms in total. The Morgan fingerprint density at radius 3 is 2.85 bits per heavy atom. The maximum absolute atomic E-state index is 12.2. The van der Waals surface area contributed by atoms with Crippen molar-refractivity contribution in [1.82, 2.24) is 9.88 Å². The molecule has 0 aliphatic carbocycles. The number of likely N-dealkylation sites (tertiary alicyclic amines) is 1. The highest BCUT2D eigenvalue weighted by Gasteiger charge is 2.22. The molecular formula is C22H26N2O2S. The van der Waals surface area contributed by atoms with Gasteiger partial charge >= 0.3 is 0 Å². The SMILES string of the molecule is CN1CCCC1Cc1c[nH]c2ccc(CCOS(=O)c3ccccc3)cc12. The molecule has 1 saturated heterocycles. The van der Waals surface area contributed by atoms with E-state index in [1.165, 1.54) is 41.4 Å². The Morgan fingerprint density at radius 1 is 1.22 bits per heavy atom. The predicted octanol–water partition coefficient (Wildman–Crippen LogP) is 4.09. The zero-order chi connectivity index (χ0) is 18.6. The van der Waals surface area contributed by atoms with Gasteiger partial charge in [-0.25, -0.2) is 4.21 Å². The van der Waals surface area contributed by atoms with Gasteiger partial charge in [0.1, 0.15) is 0 Å². The molecule has 1 fully saturated rings. The average Bonchev–Trinajstić information content (AvgIpc) is 3.29. The third kappa shape index (κ3) is 4.32. The number of hydrogen-bond acceptors (Lipinski definition) is 3. The standard InChI is InChI=1S/C22H26N2O2S/c1-24-12-5-6-19(24)15-18-16-23-22-10-9-17(14-21(18)22)11-13-26-27(25)20-7-3-2-4-8-20/h2-4,7-10,14,16,19,23H,5-6,11-13,15H2,1H3. The smallest absolute Gasteiger partial charge is 0.189 e. The van der Waals surface area contributed by atoms with Crippen LogP contribution in [0.1, 0.15) is 24.0 Å². The molecule has 142 valence electrons. The van der Waals surface area contributed by atoms with Gasteiger partial charge in [0.15, 0.2) is 11.1 Å². The monoisotopic (exact) mass is 382 g/mol. The van der Waals surface area contributed by atoms with E-state index in [1.807, 2.05) is 30.3 Å². The van der Waals surface area contributed by atoms with Crippen LogP contribution in [0.4, 0.5) is 0 Å². The molecule has 2 atom stereocenters. The van der Waals surface area contributed by atoms with E-state index in [0.29, 0.717) is 17.5 Å². The van der Waals surface area contributed by atoms with E-state index in [1.54, 1.807) is 0 Å². The summed E-state index contributed by atoms with van der Waals surface area (Å²) in [5.41, 5.74) is 3.79. The maximum Gasteiger partial charge on any atom is 0.189 e. The van der Waals surface area contributed by atoms with Crippen molar-refractivity contribution in [2.45, 2.75) is 36.6 Å². The number of likely N-dealkylation sites (N-methyl/N-ethyl adjacent to an activating group) is 1. The third-order valence-electron chi connectivity index (χ3n) is 5.48. The number of aromatic amines is 1. The first-order chi connectivity index (χ1) is 13.2. The first-order valence-electron chi connectivity index (χ1n) is 9.60. The van der Waals surface area contributed by atoms with Crippen LogP contribution in [-0.2, 0) is 28.1 Å². The highest BCUT2D eigenvalue weighted by atomic mass is 32.2. The largest absolute Gasteiger partial charge is 0.361 e. The maximum atomic E-state index is 12.2. The molecule has 3 aromatic rings. The normalized spacial score (nSPS) is 18.9. The number of aromatic nitrogens is 1. The highest BCUT2D eigenvalue weighted by molar-refractivity contribution is 7.80. The van der Waals surface area contributed by atoms with Gasteiger partial charge in [0.25, 0.3) is 0 Å². The van der Waals surface area contributed by atoms with Gasteiger partial charge in [-0.3, -0.25) is 4.18 Å². The first kappa shape index (κ1) is 18.4. The fourth-order valence-corrected chi connectivity index (χ4v) is 4.63. The van der Waals surface area contributed by atoms with E-state index < -0.39 is 11.1 Å². The van der Waals surface area contributed by atoms with Crippen molar-refractivity contribution < 1.29 is 8.39 Å². The molecule has 1 N–H and O–H groups in total. The number of benzene rings is 2. The molecule has 2 unspecified atom stereocenters. The Bertz CT molecular complexity index is 922. The summed E-state index contributed by atoms with van der Waals surface area (Å²) in [6.45, 7) is 1.65. The van der Waals surface area contributed by atoms with Gasteiger partial charge < -0.3 is 9.88 Å². The molecule has 5 heteroatoms. The summed E-state index contributed by atoms with van der Waals surface area (Å²) in [7, 11) is 2.22. The average molecular weight is 383 g/mol. The summed E-state index contributed by atoms with van der Waals surface area (Å²) in [6, 6.07) is 16.5. The van der Waals surface area contributed by atoms with Crippen molar-refractivity contribution in [2.24, 2.45) is 0 Å². The molecule has 0 bridgehead atoms. The van der Waals surface area contributed by atoms with Gasteiger partial charge in [0.2, 0.25) is 0 Å². The lowest BCUT2D eigenvalue weighted by Gasteiger charge is -2.18. The van der Waals surface area contributed by atoms with Crippen molar-refractivity contribution in [3.63, 3.8) is 0 Å².